The van der Waals surface area contributed by atoms with E-state index in [1.807, 2.05) is 50.2 Å². The van der Waals surface area contributed by atoms with Crippen LogP contribution in [0.2, 0.25) is 0 Å². The number of nitrogens with one attached hydrogen (secondary N) is 1. The number of aromatic nitrogens is 1. The number of carbonyl (C=O) groups is 1. The van der Waals surface area contributed by atoms with Crippen LogP contribution in [-0.2, 0) is 0 Å². The monoisotopic (exact) mass is 352 g/mol. The zero-order chi connectivity index (χ0) is 17.6. The minimum Gasteiger partial charge on any atom is -0.497 e. The van der Waals surface area contributed by atoms with Gasteiger partial charge in [-0.15, -0.1) is 0 Å². The summed E-state index contributed by atoms with van der Waals surface area (Å²) in [5.74, 6) is 0.785. The van der Waals surface area contributed by atoms with Crippen LogP contribution in [0.3, 0.4) is 0 Å². The molecular formula is C19H16N2O3S. The molecule has 0 radical (unpaired) electrons. The van der Waals surface area contributed by atoms with Gasteiger partial charge in [0.25, 0.3) is 5.91 Å². The van der Waals surface area contributed by atoms with Crippen LogP contribution in [0.15, 0.2) is 40.8 Å². The lowest BCUT2D eigenvalue weighted by atomic mass is 10.1. The van der Waals surface area contributed by atoms with Crippen LogP contribution in [-0.4, -0.2) is 18.0 Å². The second kappa shape index (κ2) is 5.89. The fourth-order valence-corrected chi connectivity index (χ4v) is 3.68. The van der Waals surface area contributed by atoms with Crippen LogP contribution in [0, 0.1) is 13.8 Å². The molecule has 0 saturated carbocycles. The van der Waals surface area contributed by atoms with E-state index in [1.165, 1.54) is 11.3 Å². The molecule has 2 aromatic heterocycles. The van der Waals surface area contributed by atoms with Gasteiger partial charge in [-0.25, -0.2) is 4.98 Å². The molecule has 4 aromatic rings. The Morgan fingerprint density at radius 1 is 1.20 bits per heavy atom. The molecule has 0 spiro atoms. The maximum absolute atomic E-state index is 12.6. The van der Waals surface area contributed by atoms with Crippen molar-refractivity contribution in [1.82, 2.24) is 4.98 Å². The highest BCUT2D eigenvalue weighted by Gasteiger charge is 2.19. The van der Waals surface area contributed by atoms with Gasteiger partial charge < -0.3 is 9.15 Å². The van der Waals surface area contributed by atoms with Crippen LogP contribution in [0.5, 0.6) is 5.75 Å². The van der Waals surface area contributed by atoms with E-state index in [1.54, 1.807) is 7.11 Å². The van der Waals surface area contributed by atoms with E-state index in [4.69, 9.17) is 9.15 Å². The summed E-state index contributed by atoms with van der Waals surface area (Å²) >= 11 is 1.40. The molecule has 2 heterocycles. The summed E-state index contributed by atoms with van der Waals surface area (Å²) in [6.07, 6.45) is 0. The van der Waals surface area contributed by atoms with E-state index in [-0.39, 0.29) is 5.91 Å². The lowest BCUT2D eigenvalue weighted by Crippen LogP contribution is -2.11. The first kappa shape index (κ1) is 15.7. The standard InChI is InChI=1S/C19H16N2O3S/c1-10-4-7-15-13(8-10)11(2)17(24-15)18(22)21-19-20-14-6-5-12(23-3)9-16(14)25-19/h4-9H,1-3H3,(H,20,21,22). The molecule has 0 unspecified atom stereocenters. The Morgan fingerprint density at radius 3 is 2.84 bits per heavy atom. The Morgan fingerprint density at radius 2 is 2.04 bits per heavy atom. The normalized spacial score (nSPS) is 11.2. The highest BCUT2D eigenvalue weighted by atomic mass is 32.1. The number of fused-ring (bicyclic) bond motifs is 2. The minimum atomic E-state index is -0.294. The number of benzene rings is 2. The van der Waals surface area contributed by atoms with Gasteiger partial charge in [0.05, 0.1) is 17.3 Å². The zero-order valence-corrected chi connectivity index (χ0v) is 14.9. The number of amides is 1. The van der Waals surface area contributed by atoms with Gasteiger partial charge in [-0.2, -0.15) is 0 Å². The minimum absolute atomic E-state index is 0.294. The van der Waals surface area contributed by atoms with E-state index in [0.717, 1.165) is 32.5 Å². The van der Waals surface area contributed by atoms with Gasteiger partial charge in [0.2, 0.25) is 0 Å². The van der Waals surface area contributed by atoms with Crippen molar-refractivity contribution >= 4 is 43.6 Å². The smallest absolute Gasteiger partial charge is 0.293 e. The Balaban J connectivity index is 1.67. The van der Waals surface area contributed by atoms with Crippen molar-refractivity contribution in [2.45, 2.75) is 13.8 Å². The third kappa shape index (κ3) is 2.74. The van der Waals surface area contributed by atoms with Crippen molar-refractivity contribution < 1.29 is 13.9 Å². The van der Waals surface area contributed by atoms with Gasteiger partial charge in [-0.3, -0.25) is 10.1 Å². The van der Waals surface area contributed by atoms with Crippen LogP contribution in [0.25, 0.3) is 21.2 Å². The number of aryl methyl sites for hydroxylation is 2. The summed E-state index contributed by atoms with van der Waals surface area (Å²) in [5.41, 5.74) is 3.49. The predicted molar refractivity (Wildman–Crippen MR) is 99.8 cm³/mol. The predicted octanol–water partition coefficient (Wildman–Crippen LogP) is 4.92. The molecule has 0 saturated heterocycles. The SMILES string of the molecule is COc1ccc2nc(NC(=O)c3oc4ccc(C)cc4c3C)sc2c1. The lowest BCUT2D eigenvalue weighted by molar-refractivity contribution is 0.0998. The van der Waals surface area contributed by atoms with Gasteiger partial charge in [0.1, 0.15) is 11.3 Å². The molecule has 0 aliphatic carbocycles. The highest BCUT2D eigenvalue weighted by Crippen LogP contribution is 2.31. The molecule has 4 rings (SSSR count). The summed E-state index contributed by atoms with van der Waals surface area (Å²) in [4.78, 5) is 17.1. The molecule has 2 aromatic carbocycles. The fraction of sp³-hybridized carbons (Fsp3) is 0.158. The quantitative estimate of drug-likeness (QED) is 0.568. The van der Waals surface area contributed by atoms with Crippen molar-refractivity contribution in [2.75, 3.05) is 12.4 Å². The van der Waals surface area contributed by atoms with Gasteiger partial charge in [0, 0.05) is 10.9 Å². The molecule has 0 atom stereocenters. The number of nitrogens with zero attached hydrogens (tertiary/aromatic N) is 1. The van der Waals surface area contributed by atoms with Crippen LogP contribution in [0.4, 0.5) is 5.13 Å². The third-order valence-electron chi connectivity index (χ3n) is 4.11. The molecule has 0 aliphatic heterocycles. The van der Waals surface area contributed by atoms with Crippen molar-refractivity contribution in [1.29, 1.82) is 0 Å². The number of anilines is 1. The summed E-state index contributed by atoms with van der Waals surface area (Å²) < 4.78 is 11.9. The Bertz CT molecular complexity index is 1110. The average molecular weight is 352 g/mol. The highest BCUT2D eigenvalue weighted by molar-refractivity contribution is 7.22. The number of rotatable bonds is 3. The van der Waals surface area contributed by atoms with E-state index in [2.05, 4.69) is 10.3 Å². The Hall–Kier alpha value is -2.86. The van der Waals surface area contributed by atoms with Crippen LogP contribution >= 0.6 is 11.3 Å². The maximum Gasteiger partial charge on any atom is 0.293 e. The Kier molecular flexibility index (Phi) is 3.69. The zero-order valence-electron chi connectivity index (χ0n) is 14.0. The number of hydrogen-bond acceptors (Lipinski definition) is 5. The van der Waals surface area contributed by atoms with Gasteiger partial charge >= 0.3 is 0 Å². The number of hydrogen-bond donors (Lipinski definition) is 1. The van der Waals surface area contributed by atoms with Crippen molar-refractivity contribution in [3.8, 4) is 5.75 Å². The van der Waals surface area contributed by atoms with E-state index < -0.39 is 0 Å². The molecule has 5 nitrogen and oxygen atoms in total. The number of thiazole rings is 1. The van der Waals surface area contributed by atoms with Gasteiger partial charge in [0.15, 0.2) is 10.9 Å². The number of furan rings is 1. The average Bonchev–Trinajstić information content (AvgIpc) is 3.14. The van der Waals surface area contributed by atoms with Gasteiger partial charge in [-0.05, 0) is 44.2 Å². The van der Waals surface area contributed by atoms with Crippen molar-refractivity contribution in [3.63, 3.8) is 0 Å². The number of methoxy groups -OCH3 is 1. The molecule has 0 fully saturated rings. The topological polar surface area (TPSA) is 64.4 Å². The second-order valence-corrected chi connectivity index (χ2v) is 6.89. The number of ether oxygens (including phenoxy) is 1. The fourth-order valence-electron chi connectivity index (χ4n) is 2.79. The molecule has 0 bridgehead atoms. The maximum atomic E-state index is 12.6. The largest absolute Gasteiger partial charge is 0.497 e. The van der Waals surface area contributed by atoms with Crippen LogP contribution < -0.4 is 10.1 Å². The van der Waals surface area contributed by atoms with E-state index in [0.29, 0.717) is 16.5 Å². The molecular weight excluding hydrogens is 336 g/mol. The molecule has 126 valence electrons. The molecule has 1 N–H and O–H groups in total. The number of carbonyl (C=O) groups excluding carboxylic acids is 1. The van der Waals surface area contributed by atoms with E-state index >= 15 is 0 Å². The first-order valence-electron chi connectivity index (χ1n) is 7.81. The summed E-state index contributed by atoms with van der Waals surface area (Å²) in [6, 6.07) is 11.5. The first-order chi connectivity index (χ1) is 12.0. The summed E-state index contributed by atoms with van der Waals surface area (Å²) in [6.45, 7) is 3.91. The van der Waals surface area contributed by atoms with Crippen molar-refractivity contribution in [3.05, 3.63) is 53.3 Å². The molecule has 0 aliphatic rings. The molecule has 25 heavy (non-hydrogen) atoms. The van der Waals surface area contributed by atoms with Gasteiger partial charge in [-0.1, -0.05) is 23.0 Å². The molecule has 1 amide bonds. The first-order valence-corrected chi connectivity index (χ1v) is 8.62. The van der Waals surface area contributed by atoms with E-state index in [9.17, 15) is 4.79 Å². The molecule has 6 heteroatoms. The Labute approximate surface area is 148 Å². The lowest BCUT2D eigenvalue weighted by Gasteiger charge is -1.98. The summed E-state index contributed by atoms with van der Waals surface area (Å²) in [7, 11) is 1.62. The summed E-state index contributed by atoms with van der Waals surface area (Å²) in [5, 5.41) is 4.32. The third-order valence-corrected chi connectivity index (χ3v) is 5.05. The second-order valence-electron chi connectivity index (χ2n) is 5.86. The van der Waals surface area contributed by atoms with Crippen LogP contribution in [0.1, 0.15) is 21.7 Å². The van der Waals surface area contributed by atoms with Crippen molar-refractivity contribution in [2.24, 2.45) is 0 Å².